The lowest BCUT2D eigenvalue weighted by molar-refractivity contribution is -0.0753. The summed E-state index contributed by atoms with van der Waals surface area (Å²) in [4.78, 5) is 24.7. The fraction of sp³-hybridized carbons (Fsp3) is 0.733. The van der Waals surface area contributed by atoms with Crippen LogP contribution in [0.3, 0.4) is 0 Å². The van der Waals surface area contributed by atoms with Crippen molar-refractivity contribution in [1.29, 1.82) is 0 Å². The van der Waals surface area contributed by atoms with Crippen molar-refractivity contribution in [2.45, 2.75) is 49.8 Å². The van der Waals surface area contributed by atoms with E-state index >= 15 is 0 Å². The molecular weight excluding hydrogens is 339 g/mol. The lowest BCUT2D eigenvalue weighted by Gasteiger charge is -2.32. The van der Waals surface area contributed by atoms with E-state index < -0.39 is 47.7 Å². The Morgan fingerprint density at radius 1 is 1.32 bits per heavy atom. The van der Waals surface area contributed by atoms with Crippen LogP contribution in [-0.2, 0) is 16.0 Å². The van der Waals surface area contributed by atoms with E-state index in [1.165, 1.54) is 0 Å². The smallest absolute Gasteiger partial charge is 0.333 e. The van der Waals surface area contributed by atoms with Gasteiger partial charge < -0.3 is 24.8 Å². The maximum atomic E-state index is 14.1. The second kappa shape index (κ2) is 6.96. The van der Waals surface area contributed by atoms with Gasteiger partial charge in [0.1, 0.15) is 12.3 Å². The second-order valence-electron chi connectivity index (χ2n) is 6.51. The van der Waals surface area contributed by atoms with Crippen molar-refractivity contribution in [3.8, 4) is 0 Å². The van der Waals surface area contributed by atoms with E-state index in [-0.39, 0.29) is 39.0 Å². The summed E-state index contributed by atoms with van der Waals surface area (Å²) < 4.78 is 26.1. The van der Waals surface area contributed by atoms with Crippen molar-refractivity contribution in [2.24, 2.45) is 0 Å². The molecule has 2 aliphatic rings. The quantitative estimate of drug-likeness (QED) is 0.587. The van der Waals surface area contributed by atoms with Crippen molar-refractivity contribution < 1.29 is 29.2 Å². The van der Waals surface area contributed by atoms with E-state index in [4.69, 9.17) is 14.6 Å². The summed E-state index contributed by atoms with van der Waals surface area (Å²) in [6.07, 6.45) is -1.76. The zero-order chi connectivity index (χ0) is 18.2. The third-order valence-electron chi connectivity index (χ3n) is 4.72. The first-order chi connectivity index (χ1) is 11.8. The number of rotatable bonds is 4. The molecule has 0 radical (unpaired) electrons. The fourth-order valence-corrected chi connectivity index (χ4v) is 3.19. The van der Waals surface area contributed by atoms with Crippen LogP contribution in [0.25, 0.3) is 0 Å². The van der Waals surface area contributed by atoms with Gasteiger partial charge in [0.15, 0.2) is 0 Å². The van der Waals surface area contributed by atoms with E-state index in [0.29, 0.717) is 4.57 Å². The van der Waals surface area contributed by atoms with Crippen molar-refractivity contribution in [3.63, 3.8) is 0 Å². The average Bonchev–Trinajstić information content (AvgIpc) is 2.96. The van der Waals surface area contributed by atoms with Crippen LogP contribution in [0.2, 0.25) is 0 Å². The minimum atomic E-state index is -1.34. The Morgan fingerprint density at radius 3 is 2.60 bits per heavy atom. The van der Waals surface area contributed by atoms with Gasteiger partial charge >= 0.3 is 5.69 Å². The Hall–Kier alpha value is -1.59. The first-order valence-electron chi connectivity index (χ1n) is 8.10. The molecule has 0 bridgehead atoms. The van der Waals surface area contributed by atoms with Gasteiger partial charge in [-0.3, -0.25) is 13.9 Å². The van der Waals surface area contributed by atoms with E-state index in [2.05, 4.69) is 0 Å². The van der Waals surface area contributed by atoms with Crippen molar-refractivity contribution in [3.05, 3.63) is 32.9 Å². The van der Waals surface area contributed by atoms with Crippen LogP contribution in [0.4, 0.5) is 4.39 Å². The van der Waals surface area contributed by atoms with Crippen LogP contribution < -0.4 is 11.2 Å². The molecule has 3 atom stereocenters. The molecular formula is C15H21FN2O7. The number of aromatic nitrogens is 2. The maximum absolute atomic E-state index is 14.1. The summed E-state index contributed by atoms with van der Waals surface area (Å²) in [5, 5.41) is 29.4. The third kappa shape index (κ3) is 3.53. The summed E-state index contributed by atoms with van der Waals surface area (Å²) in [6, 6.07) is 0. The molecule has 0 spiro atoms. The molecule has 3 rings (SSSR count). The molecule has 0 amide bonds. The maximum Gasteiger partial charge on any atom is 0.333 e. The van der Waals surface area contributed by atoms with E-state index in [1.807, 2.05) is 0 Å². The Labute approximate surface area is 141 Å². The molecule has 2 fully saturated rings. The normalized spacial score (nSPS) is 29.0. The second-order valence-corrected chi connectivity index (χ2v) is 6.51. The highest BCUT2D eigenvalue weighted by atomic mass is 19.1. The molecule has 0 aromatic carbocycles. The third-order valence-corrected chi connectivity index (χ3v) is 4.72. The van der Waals surface area contributed by atoms with Crippen LogP contribution in [0, 0.1) is 5.82 Å². The van der Waals surface area contributed by atoms with Gasteiger partial charge in [0, 0.05) is 32.5 Å². The van der Waals surface area contributed by atoms with Gasteiger partial charge in [-0.05, 0) is 0 Å². The molecule has 3 unspecified atom stereocenters. The Morgan fingerprint density at radius 2 is 2.00 bits per heavy atom. The predicted molar refractivity (Wildman–Crippen MR) is 81.5 cm³/mol. The van der Waals surface area contributed by atoms with Crippen LogP contribution in [0.1, 0.15) is 25.5 Å². The fourth-order valence-electron chi connectivity index (χ4n) is 3.19. The molecule has 2 aliphatic heterocycles. The zero-order valence-corrected chi connectivity index (χ0v) is 13.5. The number of aliphatic hydroxyl groups excluding tert-OH is 2. The lowest BCUT2D eigenvalue weighted by atomic mass is 9.94. The van der Waals surface area contributed by atoms with Gasteiger partial charge in [0.25, 0.3) is 5.56 Å². The predicted octanol–water partition coefficient (Wildman–Crippen LogP) is -1.67. The minimum absolute atomic E-state index is 0.0269. The van der Waals surface area contributed by atoms with Crippen LogP contribution in [-0.4, -0.2) is 62.1 Å². The zero-order valence-electron chi connectivity index (χ0n) is 13.5. The molecule has 3 N–H and O–H groups in total. The van der Waals surface area contributed by atoms with Gasteiger partial charge in [-0.1, -0.05) is 0 Å². The van der Waals surface area contributed by atoms with Gasteiger partial charge in [-0.25, -0.2) is 4.79 Å². The summed E-state index contributed by atoms with van der Waals surface area (Å²) >= 11 is 0. The van der Waals surface area contributed by atoms with Crippen LogP contribution in [0.5, 0.6) is 0 Å². The average molecular weight is 360 g/mol. The molecule has 3 heterocycles. The molecule has 0 saturated carbocycles. The summed E-state index contributed by atoms with van der Waals surface area (Å²) in [6.45, 7) is -0.242. The summed E-state index contributed by atoms with van der Waals surface area (Å²) in [5.74, 6) is -1.17. The van der Waals surface area contributed by atoms with E-state index in [1.54, 1.807) is 0 Å². The molecule has 9 nitrogen and oxygen atoms in total. The van der Waals surface area contributed by atoms with E-state index in [0.717, 1.165) is 10.8 Å². The highest BCUT2D eigenvalue weighted by Crippen LogP contribution is 2.27. The molecule has 140 valence electrons. The Bertz CT molecular complexity index is 740. The number of hydrogen-bond acceptors (Lipinski definition) is 7. The van der Waals surface area contributed by atoms with Crippen molar-refractivity contribution >= 4 is 0 Å². The van der Waals surface area contributed by atoms with Gasteiger partial charge in [-0.2, -0.15) is 4.39 Å². The summed E-state index contributed by atoms with van der Waals surface area (Å²) in [5.41, 5.74) is -3.31. The first kappa shape index (κ1) is 18.2. The highest BCUT2D eigenvalue weighted by molar-refractivity contribution is 4.95. The number of nitrogens with zero attached hydrogens (tertiary/aromatic N) is 2. The Balaban J connectivity index is 1.95. The van der Waals surface area contributed by atoms with Crippen LogP contribution >= 0.6 is 0 Å². The number of halogens is 1. The highest BCUT2D eigenvalue weighted by Gasteiger charge is 2.37. The topological polar surface area (TPSA) is 123 Å². The molecule has 0 aliphatic carbocycles. The molecule has 1 aromatic heterocycles. The number of ether oxygens (including phenoxy) is 2. The van der Waals surface area contributed by atoms with Gasteiger partial charge in [-0.15, -0.1) is 0 Å². The molecule has 2 saturated heterocycles. The molecule has 10 heteroatoms. The summed E-state index contributed by atoms with van der Waals surface area (Å²) in [7, 11) is 0. The lowest BCUT2D eigenvalue weighted by Crippen LogP contribution is -2.50. The first-order valence-corrected chi connectivity index (χ1v) is 8.10. The minimum Gasteiger partial charge on any atom is -0.394 e. The Kier molecular flexibility index (Phi) is 5.07. The number of aliphatic hydroxyl groups is 3. The van der Waals surface area contributed by atoms with Crippen molar-refractivity contribution in [2.75, 3.05) is 19.8 Å². The van der Waals surface area contributed by atoms with Gasteiger partial charge in [0.05, 0.1) is 31.1 Å². The van der Waals surface area contributed by atoms with Crippen molar-refractivity contribution in [1.82, 2.24) is 9.13 Å². The SMILES string of the molecule is O=c1c(F)cn(C2CC(O)C(CO)O2)c(=O)n1CC1(O)CCOCC1. The largest absolute Gasteiger partial charge is 0.394 e. The number of hydrogen-bond donors (Lipinski definition) is 3. The molecule has 25 heavy (non-hydrogen) atoms. The standard InChI is InChI=1S/C15H21FN2O7/c16-9-6-17(12-5-10(20)11(7-19)25-12)14(22)18(13(9)21)8-15(23)1-3-24-4-2-15/h6,10-12,19-20,23H,1-5,7-8H2. The monoisotopic (exact) mass is 360 g/mol. The van der Waals surface area contributed by atoms with E-state index in [9.17, 15) is 24.2 Å². The van der Waals surface area contributed by atoms with Gasteiger partial charge in [0.2, 0.25) is 5.82 Å². The molecule has 1 aromatic rings. The van der Waals surface area contributed by atoms with Crippen LogP contribution in [0.15, 0.2) is 15.8 Å².